The van der Waals surface area contributed by atoms with E-state index in [4.69, 9.17) is 14.7 Å². The molecule has 2 atom stereocenters. The van der Waals surface area contributed by atoms with E-state index >= 15 is 0 Å². The quantitative estimate of drug-likeness (QED) is 0.483. The maximum absolute atomic E-state index is 11.8. The third kappa shape index (κ3) is 5.44. The molecular formula is C30H36N8O3. The first-order valence-electron chi connectivity index (χ1n) is 14.3. The molecule has 2 fully saturated rings. The predicted molar refractivity (Wildman–Crippen MR) is 155 cm³/mol. The lowest BCUT2D eigenvalue weighted by molar-refractivity contribution is 0.119. The summed E-state index contributed by atoms with van der Waals surface area (Å²) >= 11 is 0. The number of hydrogen-bond acceptors (Lipinski definition) is 9. The van der Waals surface area contributed by atoms with E-state index in [9.17, 15) is 15.2 Å². The highest BCUT2D eigenvalue weighted by Gasteiger charge is 2.34. The Morgan fingerprint density at radius 3 is 2.80 bits per heavy atom. The first kappa shape index (κ1) is 27.0. The molecule has 3 aromatic rings. The lowest BCUT2D eigenvalue weighted by Crippen LogP contribution is -2.55. The third-order valence-electron chi connectivity index (χ3n) is 8.69. The van der Waals surface area contributed by atoms with Crippen molar-refractivity contribution in [1.82, 2.24) is 24.8 Å². The summed E-state index contributed by atoms with van der Waals surface area (Å²) in [5, 5.41) is 21.4. The van der Waals surface area contributed by atoms with Crippen molar-refractivity contribution in [3.8, 4) is 12.1 Å². The molecule has 214 valence electrons. The number of benzene rings is 1. The van der Waals surface area contributed by atoms with Gasteiger partial charge in [-0.15, -0.1) is 0 Å². The zero-order valence-corrected chi connectivity index (χ0v) is 23.7. The molecule has 0 unspecified atom stereocenters. The number of carboxylic acid groups (broad SMARTS) is 1. The van der Waals surface area contributed by atoms with Crippen molar-refractivity contribution in [3.05, 3.63) is 47.4 Å². The summed E-state index contributed by atoms with van der Waals surface area (Å²) in [7, 11) is 2.12. The minimum absolute atomic E-state index is 0.134. The number of anilines is 2. The van der Waals surface area contributed by atoms with E-state index in [1.54, 1.807) is 0 Å². The molecule has 0 bridgehead atoms. The number of aromatic nitrogens is 3. The van der Waals surface area contributed by atoms with Crippen LogP contribution < -0.4 is 14.5 Å². The van der Waals surface area contributed by atoms with Crippen LogP contribution in [0.5, 0.6) is 6.01 Å². The van der Waals surface area contributed by atoms with E-state index in [0.717, 1.165) is 60.5 Å². The van der Waals surface area contributed by atoms with Gasteiger partial charge in [-0.1, -0.05) is 17.7 Å². The van der Waals surface area contributed by atoms with Gasteiger partial charge in [0, 0.05) is 54.8 Å². The Kier molecular flexibility index (Phi) is 7.49. The lowest BCUT2D eigenvalue weighted by Gasteiger charge is -2.41. The van der Waals surface area contributed by atoms with Crippen LogP contribution in [-0.4, -0.2) is 94.4 Å². The molecule has 1 aromatic carbocycles. The van der Waals surface area contributed by atoms with Crippen LogP contribution in [0.4, 0.5) is 16.3 Å². The molecule has 3 aliphatic rings. The molecule has 1 amide bonds. The number of fused-ring (bicyclic) bond motifs is 2. The second-order valence-electron chi connectivity index (χ2n) is 11.3. The molecule has 41 heavy (non-hydrogen) atoms. The number of likely N-dealkylation sites (N-methyl/N-ethyl adjacent to an activating group) is 1. The van der Waals surface area contributed by atoms with Crippen LogP contribution in [0.2, 0.25) is 0 Å². The fourth-order valence-corrected chi connectivity index (χ4v) is 6.37. The molecule has 5 heterocycles. The number of amides is 1. The van der Waals surface area contributed by atoms with E-state index in [0.29, 0.717) is 44.8 Å². The Morgan fingerprint density at radius 1 is 1.15 bits per heavy atom. The second kappa shape index (κ2) is 11.4. The second-order valence-corrected chi connectivity index (χ2v) is 11.3. The molecule has 0 aliphatic carbocycles. The summed E-state index contributed by atoms with van der Waals surface area (Å²) < 4.78 is 6.24. The van der Waals surface area contributed by atoms with Crippen molar-refractivity contribution in [2.45, 2.75) is 51.2 Å². The molecule has 11 nitrogen and oxygen atoms in total. The maximum atomic E-state index is 11.8. The molecule has 3 aliphatic heterocycles. The number of rotatable bonds is 6. The van der Waals surface area contributed by atoms with Crippen molar-refractivity contribution >= 4 is 28.4 Å². The van der Waals surface area contributed by atoms with Gasteiger partial charge in [-0.2, -0.15) is 15.2 Å². The fraction of sp³-hybridized carbons (Fsp3) is 0.500. The van der Waals surface area contributed by atoms with Crippen LogP contribution in [0.15, 0.2) is 30.6 Å². The van der Waals surface area contributed by atoms with Crippen LogP contribution in [-0.2, 0) is 13.0 Å². The van der Waals surface area contributed by atoms with Crippen LogP contribution in [0.25, 0.3) is 10.8 Å². The van der Waals surface area contributed by atoms with Crippen molar-refractivity contribution in [1.29, 1.82) is 5.26 Å². The van der Waals surface area contributed by atoms with Crippen LogP contribution >= 0.6 is 0 Å². The van der Waals surface area contributed by atoms with Gasteiger partial charge in [-0.05, 0) is 45.8 Å². The summed E-state index contributed by atoms with van der Waals surface area (Å²) in [6.07, 6.45) is 5.95. The molecule has 2 aromatic heterocycles. The highest BCUT2D eigenvalue weighted by molar-refractivity contribution is 5.94. The summed E-state index contributed by atoms with van der Waals surface area (Å²) in [4.78, 5) is 34.3. The van der Waals surface area contributed by atoms with E-state index in [2.05, 4.69) is 57.9 Å². The summed E-state index contributed by atoms with van der Waals surface area (Å²) in [6, 6.07) is 8.85. The van der Waals surface area contributed by atoms with Gasteiger partial charge in [-0.25, -0.2) is 4.79 Å². The minimum atomic E-state index is -0.992. The van der Waals surface area contributed by atoms with Gasteiger partial charge in [0.05, 0.1) is 42.7 Å². The third-order valence-corrected chi connectivity index (χ3v) is 8.69. The molecule has 1 N–H and O–H groups in total. The first-order valence-corrected chi connectivity index (χ1v) is 14.3. The predicted octanol–water partition coefficient (Wildman–Crippen LogP) is 3.45. The van der Waals surface area contributed by atoms with Crippen molar-refractivity contribution in [2.75, 3.05) is 56.2 Å². The van der Waals surface area contributed by atoms with E-state index in [1.165, 1.54) is 15.8 Å². The first-order chi connectivity index (χ1) is 19.9. The molecule has 0 spiro atoms. The van der Waals surface area contributed by atoms with Gasteiger partial charge in [0.25, 0.3) is 0 Å². The molecular weight excluding hydrogens is 520 g/mol. The number of pyridine rings is 1. The van der Waals surface area contributed by atoms with Gasteiger partial charge in [0.2, 0.25) is 0 Å². The molecule has 0 saturated carbocycles. The molecule has 11 heteroatoms. The van der Waals surface area contributed by atoms with Gasteiger partial charge in [-0.3, -0.25) is 4.98 Å². The Balaban J connectivity index is 1.34. The minimum Gasteiger partial charge on any atom is -0.465 e. The van der Waals surface area contributed by atoms with E-state index < -0.39 is 12.1 Å². The average molecular weight is 557 g/mol. The standard InChI is InChI=1S/C30H36N8O3/c1-20-5-6-21-15-32-16-27(25(21)14-20)36-11-8-24-26(18-36)33-29(41-19-23-4-3-10-35(23)2)34-28(24)37-12-13-38(30(39)40)22(17-37)7-9-31/h5-6,14-16,22-23H,3-4,7-8,10-13,17-19H2,1-2H3,(H,39,40)/t22-,23-/m0/s1. The Morgan fingerprint density at radius 2 is 2.02 bits per heavy atom. The number of carbonyl (C=O) groups is 1. The van der Waals surface area contributed by atoms with Crippen LogP contribution in [0, 0.1) is 18.3 Å². The topological polar surface area (TPSA) is 122 Å². The highest BCUT2D eigenvalue weighted by Crippen LogP contribution is 2.35. The summed E-state index contributed by atoms with van der Waals surface area (Å²) in [6.45, 7) is 6.28. The van der Waals surface area contributed by atoms with Crippen molar-refractivity contribution in [3.63, 3.8) is 0 Å². The zero-order valence-electron chi connectivity index (χ0n) is 23.7. The Hall–Kier alpha value is -4.17. The average Bonchev–Trinajstić information content (AvgIpc) is 3.39. The van der Waals surface area contributed by atoms with E-state index in [1.807, 2.05) is 12.4 Å². The van der Waals surface area contributed by atoms with Crippen molar-refractivity contribution in [2.24, 2.45) is 0 Å². The number of likely N-dealkylation sites (tertiary alicyclic amines) is 1. The van der Waals surface area contributed by atoms with Gasteiger partial charge in [0.15, 0.2) is 0 Å². The smallest absolute Gasteiger partial charge is 0.407 e. The van der Waals surface area contributed by atoms with Crippen LogP contribution in [0.1, 0.15) is 36.1 Å². The molecule has 6 rings (SSSR count). The van der Waals surface area contributed by atoms with Crippen molar-refractivity contribution < 1.29 is 14.6 Å². The summed E-state index contributed by atoms with van der Waals surface area (Å²) in [5.74, 6) is 0.796. The lowest BCUT2D eigenvalue weighted by atomic mass is 10.0. The number of nitrogens with zero attached hydrogens (tertiary/aromatic N) is 8. The fourth-order valence-electron chi connectivity index (χ4n) is 6.37. The molecule has 2 saturated heterocycles. The molecule has 0 radical (unpaired) electrons. The summed E-state index contributed by atoms with van der Waals surface area (Å²) in [5.41, 5.74) is 4.26. The maximum Gasteiger partial charge on any atom is 0.407 e. The zero-order chi connectivity index (χ0) is 28.5. The number of ether oxygens (including phenoxy) is 1. The monoisotopic (exact) mass is 556 g/mol. The largest absolute Gasteiger partial charge is 0.465 e. The number of aryl methyl sites for hydroxylation is 1. The highest BCUT2D eigenvalue weighted by atomic mass is 16.5. The Labute approximate surface area is 240 Å². The number of piperazine rings is 1. The van der Waals surface area contributed by atoms with Gasteiger partial charge in [0.1, 0.15) is 12.4 Å². The van der Waals surface area contributed by atoms with Gasteiger partial charge >= 0.3 is 12.1 Å². The van der Waals surface area contributed by atoms with Crippen LogP contribution in [0.3, 0.4) is 0 Å². The number of hydrogen-bond donors (Lipinski definition) is 1. The normalized spacial score (nSPS) is 21.1. The Bertz CT molecular complexity index is 1490. The van der Waals surface area contributed by atoms with E-state index in [-0.39, 0.29) is 6.42 Å². The number of nitriles is 1. The SMILES string of the molecule is Cc1ccc2cncc(N3CCc4c(nc(OC[C@@H]5CCCN5C)nc4N4CCN(C(=O)O)[C@@H](CC#N)C4)C3)c2c1. The van der Waals surface area contributed by atoms with Gasteiger partial charge < -0.3 is 29.4 Å².